The van der Waals surface area contributed by atoms with Crippen LogP contribution in [0.4, 0.5) is 0 Å². The normalized spacial score (nSPS) is 17.9. The lowest BCUT2D eigenvalue weighted by Crippen LogP contribution is -2.20. The third-order valence-electron chi connectivity index (χ3n) is 5.87. The van der Waals surface area contributed by atoms with Crippen LogP contribution in [-0.4, -0.2) is 26.6 Å². The van der Waals surface area contributed by atoms with Crippen molar-refractivity contribution in [1.82, 2.24) is 0 Å². The first-order valence-electron chi connectivity index (χ1n) is 11.4. The molecule has 4 heteroatoms. The molecule has 0 N–H and O–H groups in total. The monoisotopic (exact) mass is 426 g/mol. The zero-order chi connectivity index (χ0) is 22.5. The summed E-state index contributed by atoms with van der Waals surface area (Å²) < 4.78 is 16.3. The van der Waals surface area contributed by atoms with Gasteiger partial charge >= 0.3 is 0 Å². The third-order valence-corrected chi connectivity index (χ3v) is 5.87. The molecule has 0 bridgehead atoms. The Morgan fingerprint density at radius 3 is 2.23 bits per heavy atom. The molecule has 4 nitrogen and oxygen atoms in total. The Hall–Kier alpha value is -2.33. The van der Waals surface area contributed by atoms with Crippen molar-refractivity contribution >= 4 is 6.29 Å². The number of unbranched alkanes of at least 4 members (excludes halogenated alkanes) is 1. The second kappa shape index (κ2) is 13.9. The fourth-order valence-corrected chi connectivity index (χ4v) is 3.68. The molecule has 3 rings (SSSR count). The molecule has 170 valence electrons. The van der Waals surface area contributed by atoms with Crippen LogP contribution in [0, 0.1) is 12.8 Å². The number of aryl methyl sites for hydroxylation is 2. The molecule has 0 aliphatic heterocycles. The summed E-state index contributed by atoms with van der Waals surface area (Å²) in [7, 11) is 3.42. The minimum Gasteiger partial charge on any atom is -0.497 e. The van der Waals surface area contributed by atoms with Gasteiger partial charge in [-0.25, -0.2) is 0 Å². The number of rotatable bonds is 9. The molecule has 0 aromatic heterocycles. The van der Waals surface area contributed by atoms with Gasteiger partial charge in [-0.2, -0.15) is 0 Å². The van der Waals surface area contributed by atoms with Crippen LogP contribution >= 0.6 is 0 Å². The first-order valence-corrected chi connectivity index (χ1v) is 11.4. The van der Waals surface area contributed by atoms with Crippen molar-refractivity contribution in [2.75, 3.05) is 14.2 Å². The van der Waals surface area contributed by atoms with E-state index in [0.29, 0.717) is 18.6 Å². The molecule has 2 aromatic rings. The number of methoxy groups -OCH3 is 2. The average Bonchev–Trinajstić information content (AvgIpc) is 2.83. The number of carbonyl (C=O) groups is 1. The fraction of sp³-hybridized carbons (Fsp3) is 0.519. The topological polar surface area (TPSA) is 44.8 Å². The number of carbonyl (C=O) groups excluding carboxylic acids is 1. The van der Waals surface area contributed by atoms with E-state index >= 15 is 0 Å². The van der Waals surface area contributed by atoms with E-state index in [1.165, 1.54) is 24.0 Å². The minimum atomic E-state index is 0.311. The molecule has 0 atom stereocenters. The highest BCUT2D eigenvalue weighted by atomic mass is 16.5. The van der Waals surface area contributed by atoms with E-state index in [2.05, 4.69) is 32.0 Å². The van der Waals surface area contributed by atoms with Crippen LogP contribution in [0.1, 0.15) is 62.1 Å². The van der Waals surface area contributed by atoms with Crippen molar-refractivity contribution in [3.05, 3.63) is 59.2 Å². The molecule has 1 aliphatic rings. The lowest BCUT2D eigenvalue weighted by Gasteiger charge is -2.23. The molecule has 0 saturated heterocycles. The average molecular weight is 427 g/mol. The van der Waals surface area contributed by atoms with E-state index in [9.17, 15) is 4.79 Å². The summed E-state index contributed by atoms with van der Waals surface area (Å²) in [5, 5.41) is 0. The van der Waals surface area contributed by atoms with Gasteiger partial charge in [0.1, 0.15) is 24.4 Å². The van der Waals surface area contributed by atoms with Crippen LogP contribution in [0.3, 0.4) is 0 Å². The number of ether oxygens (including phenoxy) is 3. The van der Waals surface area contributed by atoms with E-state index in [0.717, 1.165) is 55.5 Å². The minimum absolute atomic E-state index is 0.311. The SMILES string of the molecule is CCCCc1ccc(C)c(OCc2ccc(OC)cc2)c1.COC1CCC(C=O)CC1. The van der Waals surface area contributed by atoms with Gasteiger partial charge in [-0.05, 0) is 80.3 Å². The summed E-state index contributed by atoms with van der Waals surface area (Å²) in [5.41, 5.74) is 3.69. The lowest BCUT2D eigenvalue weighted by molar-refractivity contribution is -0.112. The molecule has 0 heterocycles. The van der Waals surface area contributed by atoms with Crippen molar-refractivity contribution in [3.8, 4) is 11.5 Å². The summed E-state index contributed by atoms with van der Waals surface area (Å²) in [6, 6.07) is 14.5. The van der Waals surface area contributed by atoms with Crippen molar-refractivity contribution in [1.29, 1.82) is 0 Å². The van der Waals surface area contributed by atoms with Crippen molar-refractivity contribution < 1.29 is 19.0 Å². The van der Waals surface area contributed by atoms with Gasteiger partial charge in [-0.1, -0.05) is 37.6 Å². The maximum absolute atomic E-state index is 10.3. The van der Waals surface area contributed by atoms with E-state index in [1.54, 1.807) is 14.2 Å². The summed E-state index contributed by atoms with van der Waals surface area (Å²) in [4.78, 5) is 10.3. The van der Waals surface area contributed by atoms with Gasteiger partial charge < -0.3 is 19.0 Å². The van der Waals surface area contributed by atoms with Crippen LogP contribution in [0.15, 0.2) is 42.5 Å². The van der Waals surface area contributed by atoms with Crippen LogP contribution in [0.5, 0.6) is 11.5 Å². The Morgan fingerprint density at radius 2 is 1.65 bits per heavy atom. The van der Waals surface area contributed by atoms with Gasteiger partial charge in [0.15, 0.2) is 0 Å². The summed E-state index contributed by atoms with van der Waals surface area (Å²) >= 11 is 0. The molecular formula is C27H38O4. The fourth-order valence-electron chi connectivity index (χ4n) is 3.68. The quantitative estimate of drug-likeness (QED) is 0.440. The van der Waals surface area contributed by atoms with Gasteiger partial charge in [0.05, 0.1) is 13.2 Å². The predicted octanol–water partition coefficient (Wildman–Crippen LogP) is 6.32. The Morgan fingerprint density at radius 1 is 0.968 bits per heavy atom. The number of benzene rings is 2. The van der Waals surface area contributed by atoms with Crippen molar-refractivity contribution in [2.45, 2.75) is 71.5 Å². The Bertz CT molecular complexity index is 761. The highest BCUT2D eigenvalue weighted by molar-refractivity contribution is 5.53. The van der Waals surface area contributed by atoms with Crippen LogP contribution in [-0.2, 0) is 22.6 Å². The highest BCUT2D eigenvalue weighted by Crippen LogP contribution is 2.24. The molecule has 0 unspecified atom stereocenters. The second-order valence-electron chi connectivity index (χ2n) is 8.25. The third kappa shape index (κ3) is 8.74. The van der Waals surface area contributed by atoms with Gasteiger partial charge in [-0.15, -0.1) is 0 Å². The first kappa shape index (κ1) is 24.9. The summed E-state index contributed by atoms with van der Waals surface area (Å²) in [5.74, 6) is 2.17. The summed E-state index contributed by atoms with van der Waals surface area (Å²) in [6.07, 6.45) is 9.19. The predicted molar refractivity (Wildman–Crippen MR) is 126 cm³/mol. The second-order valence-corrected chi connectivity index (χ2v) is 8.25. The molecule has 0 radical (unpaired) electrons. The van der Waals surface area contributed by atoms with E-state index < -0.39 is 0 Å². The maximum Gasteiger partial charge on any atom is 0.123 e. The Labute approximate surface area is 187 Å². The van der Waals surface area contributed by atoms with Crippen molar-refractivity contribution in [2.24, 2.45) is 5.92 Å². The van der Waals surface area contributed by atoms with Crippen LogP contribution < -0.4 is 9.47 Å². The van der Waals surface area contributed by atoms with Crippen LogP contribution in [0.25, 0.3) is 0 Å². The first-order chi connectivity index (χ1) is 15.1. The Kier molecular flexibility index (Phi) is 11.2. The molecular weight excluding hydrogens is 388 g/mol. The standard InChI is InChI=1S/C19H24O2.C8H14O2/c1-4-5-6-16-8-7-15(2)19(13-16)21-14-17-9-11-18(20-3)12-10-17;1-10-8-4-2-7(6-9)3-5-8/h7-13H,4-6,14H2,1-3H3;6-8H,2-5H2,1H3. The lowest BCUT2D eigenvalue weighted by atomic mass is 9.88. The molecule has 0 amide bonds. The number of hydrogen-bond acceptors (Lipinski definition) is 4. The van der Waals surface area contributed by atoms with Gasteiger partial charge in [0.2, 0.25) is 0 Å². The number of aldehydes is 1. The molecule has 31 heavy (non-hydrogen) atoms. The van der Waals surface area contributed by atoms with Gasteiger partial charge in [-0.3, -0.25) is 0 Å². The zero-order valence-corrected chi connectivity index (χ0v) is 19.6. The van der Waals surface area contributed by atoms with Gasteiger partial charge in [0, 0.05) is 13.0 Å². The summed E-state index contributed by atoms with van der Waals surface area (Å²) in [6.45, 7) is 4.89. The number of hydrogen-bond donors (Lipinski definition) is 0. The Balaban J connectivity index is 0.000000285. The molecule has 0 spiro atoms. The molecule has 1 fully saturated rings. The van der Waals surface area contributed by atoms with E-state index in [4.69, 9.17) is 14.2 Å². The molecule has 2 aromatic carbocycles. The zero-order valence-electron chi connectivity index (χ0n) is 19.6. The smallest absolute Gasteiger partial charge is 0.123 e. The molecule has 1 saturated carbocycles. The van der Waals surface area contributed by atoms with Crippen molar-refractivity contribution in [3.63, 3.8) is 0 Å². The van der Waals surface area contributed by atoms with Gasteiger partial charge in [0.25, 0.3) is 0 Å². The highest BCUT2D eigenvalue weighted by Gasteiger charge is 2.19. The largest absolute Gasteiger partial charge is 0.497 e. The van der Waals surface area contributed by atoms with E-state index in [1.807, 2.05) is 24.3 Å². The van der Waals surface area contributed by atoms with Crippen LogP contribution in [0.2, 0.25) is 0 Å². The molecule has 1 aliphatic carbocycles. The maximum atomic E-state index is 10.3. The van der Waals surface area contributed by atoms with E-state index in [-0.39, 0.29) is 0 Å².